The first-order valence-electron chi connectivity index (χ1n) is 12.1. The van der Waals surface area contributed by atoms with E-state index in [-0.39, 0.29) is 18.9 Å². The zero-order valence-corrected chi connectivity index (χ0v) is 23.5. The van der Waals surface area contributed by atoms with Gasteiger partial charge in [0.2, 0.25) is 17.7 Å². The lowest BCUT2D eigenvalue weighted by Gasteiger charge is -2.31. The maximum absolute atomic E-state index is 13.0. The first-order valence-corrected chi connectivity index (χ1v) is 13.4. The SMILES string of the molecule is Cc1c(S)cc(C=CC(=O)N2CCC(C(=O)N[C@@H](CNC(=O)Cc3ccc(F)cc3)C(=O)O)CC2)c(Cl)c1Cl. The van der Waals surface area contributed by atoms with Gasteiger partial charge in [0.1, 0.15) is 11.9 Å². The largest absolute Gasteiger partial charge is 0.480 e. The quantitative estimate of drug-likeness (QED) is 0.259. The number of thiol groups is 1. The zero-order chi connectivity index (χ0) is 28.7. The van der Waals surface area contributed by atoms with E-state index in [1.54, 1.807) is 24.0 Å². The molecule has 3 amide bonds. The Morgan fingerprint density at radius 3 is 2.41 bits per heavy atom. The zero-order valence-electron chi connectivity index (χ0n) is 21.0. The number of benzene rings is 2. The minimum absolute atomic E-state index is 0.0551. The number of aliphatic carboxylic acids is 1. The number of carboxylic acid groups (broad SMARTS) is 1. The Labute approximate surface area is 240 Å². The van der Waals surface area contributed by atoms with Crippen LogP contribution in [-0.2, 0) is 25.6 Å². The van der Waals surface area contributed by atoms with E-state index in [2.05, 4.69) is 23.3 Å². The van der Waals surface area contributed by atoms with E-state index < -0.39 is 35.6 Å². The van der Waals surface area contributed by atoms with Gasteiger partial charge in [0.15, 0.2) is 0 Å². The number of carboxylic acids is 1. The van der Waals surface area contributed by atoms with Crippen LogP contribution in [0.5, 0.6) is 0 Å². The molecular formula is C27H28Cl2FN3O5S. The van der Waals surface area contributed by atoms with Crippen LogP contribution in [0.25, 0.3) is 6.08 Å². The van der Waals surface area contributed by atoms with Crippen LogP contribution in [0, 0.1) is 18.7 Å². The molecule has 1 atom stereocenters. The van der Waals surface area contributed by atoms with Crippen molar-refractivity contribution in [3.63, 3.8) is 0 Å². The standard InChI is InChI=1S/C27H28Cl2FN3O5S/c1-15-21(39)13-18(25(29)24(15)28)4-7-23(35)33-10-8-17(9-11-33)26(36)32-20(27(37)38)14-31-22(34)12-16-2-5-19(30)6-3-16/h2-7,13,17,20,39H,8-12,14H2,1H3,(H,31,34)(H,32,36)(H,37,38)/t20-/m0/s1. The minimum Gasteiger partial charge on any atom is -0.480 e. The number of piperidine rings is 1. The molecule has 1 aliphatic rings. The predicted octanol–water partition coefficient (Wildman–Crippen LogP) is 3.91. The van der Waals surface area contributed by atoms with E-state index in [9.17, 15) is 28.7 Å². The highest BCUT2D eigenvalue weighted by Gasteiger charge is 2.30. The van der Waals surface area contributed by atoms with Gasteiger partial charge in [-0.2, -0.15) is 0 Å². The highest BCUT2D eigenvalue weighted by molar-refractivity contribution is 7.80. The Balaban J connectivity index is 1.48. The number of nitrogens with one attached hydrogen (secondary N) is 2. The predicted molar refractivity (Wildman–Crippen MR) is 149 cm³/mol. The maximum Gasteiger partial charge on any atom is 0.328 e. The third kappa shape index (κ3) is 8.45. The lowest BCUT2D eigenvalue weighted by molar-refractivity contribution is -0.142. The number of nitrogens with zero attached hydrogens (tertiary/aromatic N) is 1. The Morgan fingerprint density at radius 2 is 1.79 bits per heavy atom. The average Bonchev–Trinajstić information content (AvgIpc) is 2.92. The molecule has 0 bridgehead atoms. The van der Waals surface area contributed by atoms with Gasteiger partial charge in [-0.1, -0.05) is 35.3 Å². The van der Waals surface area contributed by atoms with E-state index in [1.807, 2.05) is 0 Å². The van der Waals surface area contributed by atoms with Crippen molar-refractivity contribution in [2.24, 2.45) is 5.92 Å². The van der Waals surface area contributed by atoms with Crippen molar-refractivity contribution in [1.29, 1.82) is 0 Å². The first-order chi connectivity index (χ1) is 18.5. The molecule has 1 aliphatic heterocycles. The lowest BCUT2D eigenvalue weighted by atomic mass is 9.95. The topological polar surface area (TPSA) is 116 Å². The summed E-state index contributed by atoms with van der Waals surface area (Å²) in [5, 5.41) is 15.2. The number of amides is 3. The summed E-state index contributed by atoms with van der Waals surface area (Å²) in [7, 11) is 0. The second-order valence-electron chi connectivity index (χ2n) is 9.18. The van der Waals surface area contributed by atoms with Gasteiger partial charge in [-0.3, -0.25) is 14.4 Å². The number of hydrogen-bond donors (Lipinski definition) is 4. The van der Waals surface area contributed by atoms with Crippen molar-refractivity contribution in [2.75, 3.05) is 19.6 Å². The molecule has 12 heteroatoms. The molecule has 3 N–H and O–H groups in total. The molecule has 1 saturated heterocycles. The Bertz CT molecular complexity index is 1280. The molecule has 0 spiro atoms. The highest BCUT2D eigenvalue weighted by atomic mass is 35.5. The fraction of sp³-hybridized carbons (Fsp3) is 0.333. The van der Waals surface area contributed by atoms with Gasteiger partial charge in [-0.15, -0.1) is 12.6 Å². The molecule has 2 aromatic carbocycles. The molecule has 1 fully saturated rings. The molecule has 0 aromatic heterocycles. The second kappa shape index (κ2) is 13.8. The lowest BCUT2D eigenvalue weighted by Crippen LogP contribution is -2.51. The van der Waals surface area contributed by atoms with Gasteiger partial charge in [0.05, 0.1) is 16.5 Å². The normalized spacial score (nSPS) is 14.7. The van der Waals surface area contributed by atoms with Crippen molar-refractivity contribution in [3.8, 4) is 0 Å². The molecular weight excluding hydrogens is 568 g/mol. The number of halogens is 3. The van der Waals surface area contributed by atoms with Crippen LogP contribution in [0.2, 0.25) is 10.0 Å². The monoisotopic (exact) mass is 595 g/mol. The fourth-order valence-electron chi connectivity index (χ4n) is 4.03. The van der Waals surface area contributed by atoms with Gasteiger partial charge >= 0.3 is 5.97 Å². The Kier molecular flexibility index (Phi) is 10.8. The highest BCUT2D eigenvalue weighted by Crippen LogP contribution is 2.34. The van der Waals surface area contributed by atoms with Crippen LogP contribution in [0.15, 0.2) is 41.3 Å². The molecule has 208 valence electrons. The van der Waals surface area contributed by atoms with Crippen LogP contribution in [-0.4, -0.2) is 59.4 Å². The molecule has 39 heavy (non-hydrogen) atoms. The number of rotatable bonds is 9. The van der Waals surface area contributed by atoms with Crippen LogP contribution in [0.1, 0.15) is 29.5 Å². The van der Waals surface area contributed by atoms with E-state index in [0.29, 0.717) is 52.0 Å². The van der Waals surface area contributed by atoms with Gasteiger partial charge < -0.3 is 20.6 Å². The summed E-state index contributed by atoms with van der Waals surface area (Å²) in [6.07, 6.45) is 3.60. The van der Waals surface area contributed by atoms with E-state index in [1.165, 1.54) is 30.3 Å². The summed E-state index contributed by atoms with van der Waals surface area (Å²) < 4.78 is 13.0. The van der Waals surface area contributed by atoms with Crippen molar-refractivity contribution in [3.05, 3.63) is 69.0 Å². The second-order valence-corrected chi connectivity index (χ2v) is 10.4. The summed E-state index contributed by atoms with van der Waals surface area (Å²) in [5.74, 6) is -3.37. The van der Waals surface area contributed by atoms with Crippen LogP contribution >= 0.6 is 35.8 Å². The molecule has 3 rings (SSSR count). The number of hydrogen-bond acceptors (Lipinski definition) is 5. The molecule has 0 radical (unpaired) electrons. The Morgan fingerprint density at radius 1 is 1.15 bits per heavy atom. The summed E-state index contributed by atoms with van der Waals surface area (Å²) in [6, 6.07) is 5.78. The smallest absolute Gasteiger partial charge is 0.328 e. The molecule has 1 heterocycles. The third-order valence-electron chi connectivity index (χ3n) is 6.43. The number of likely N-dealkylation sites (tertiary alicyclic amines) is 1. The van der Waals surface area contributed by atoms with Crippen molar-refractivity contribution >= 4 is 65.6 Å². The van der Waals surface area contributed by atoms with E-state index in [4.69, 9.17) is 23.2 Å². The molecule has 0 aliphatic carbocycles. The fourth-order valence-corrected chi connectivity index (χ4v) is 4.82. The van der Waals surface area contributed by atoms with Crippen LogP contribution in [0.3, 0.4) is 0 Å². The van der Waals surface area contributed by atoms with Crippen LogP contribution < -0.4 is 10.6 Å². The van der Waals surface area contributed by atoms with Gasteiger partial charge in [0, 0.05) is 36.5 Å². The third-order valence-corrected chi connectivity index (χ3v) is 7.87. The maximum atomic E-state index is 13.0. The Hall–Kier alpha value is -3.08. The molecule has 2 aromatic rings. The molecule has 8 nitrogen and oxygen atoms in total. The molecule has 0 unspecified atom stereocenters. The van der Waals surface area contributed by atoms with Crippen molar-refractivity contribution in [1.82, 2.24) is 15.5 Å². The minimum atomic E-state index is -1.32. The van der Waals surface area contributed by atoms with Gasteiger partial charge in [0.25, 0.3) is 0 Å². The number of carbonyl (C=O) groups is 4. The average molecular weight is 597 g/mol. The number of carbonyl (C=O) groups excluding carboxylic acids is 3. The summed E-state index contributed by atoms with van der Waals surface area (Å²) in [6.45, 7) is 2.12. The summed E-state index contributed by atoms with van der Waals surface area (Å²) >= 11 is 16.8. The summed E-state index contributed by atoms with van der Waals surface area (Å²) in [4.78, 5) is 51.4. The summed E-state index contributed by atoms with van der Waals surface area (Å²) in [5.41, 5.74) is 1.87. The van der Waals surface area contributed by atoms with Crippen LogP contribution in [0.4, 0.5) is 4.39 Å². The van der Waals surface area contributed by atoms with E-state index in [0.717, 1.165) is 5.56 Å². The van der Waals surface area contributed by atoms with Crippen molar-refractivity contribution in [2.45, 2.75) is 37.1 Å². The first kappa shape index (κ1) is 30.5. The van der Waals surface area contributed by atoms with E-state index >= 15 is 0 Å². The van der Waals surface area contributed by atoms with Crippen molar-refractivity contribution < 1.29 is 28.7 Å². The van der Waals surface area contributed by atoms with Gasteiger partial charge in [-0.25, -0.2) is 9.18 Å². The molecule has 0 saturated carbocycles. The van der Waals surface area contributed by atoms with Gasteiger partial charge in [-0.05, 0) is 60.7 Å².